The summed E-state index contributed by atoms with van der Waals surface area (Å²) in [7, 11) is -3.35. The van der Waals surface area contributed by atoms with E-state index >= 15 is 0 Å². The third kappa shape index (κ3) is 5.42. The molecule has 1 aliphatic heterocycles. The summed E-state index contributed by atoms with van der Waals surface area (Å²) in [5, 5.41) is 0.551. The molecule has 1 aliphatic rings. The summed E-state index contributed by atoms with van der Waals surface area (Å²) in [6.45, 7) is 2.29. The first-order valence-electron chi connectivity index (χ1n) is 8.39. The van der Waals surface area contributed by atoms with Crippen LogP contribution in [0.15, 0.2) is 48.7 Å². The van der Waals surface area contributed by atoms with Gasteiger partial charge < -0.3 is 4.90 Å². The van der Waals surface area contributed by atoms with Crippen LogP contribution in [-0.4, -0.2) is 33.0 Å². The summed E-state index contributed by atoms with van der Waals surface area (Å²) in [6, 6.07) is 12.9. The molecule has 1 N–H and O–H groups in total. The molecule has 2 heterocycles. The van der Waals surface area contributed by atoms with Crippen LogP contribution in [0.5, 0.6) is 0 Å². The van der Waals surface area contributed by atoms with Crippen molar-refractivity contribution < 1.29 is 8.42 Å². The van der Waals surface area contributed by atoms with E-state index in [1.807, 2.05) is 18.2 Å². The number of anilines is 1. The van der Waals surface area contributed by atoms with Gasteiger partial charge in [0.2, 0.25) is 10.0 Å². The minimum absolute atomic E-state index is 0.0413. The predicted octanol–water partition coefficient (Wildman–Crippen LogP) is 3.07. The van der Waals surface area contributed by atoms with Gasteiger partial charge in [-0.3, -0.25) is 0 Å². The van der Waals surface area contributed by atoms with Crippen LogP contribution in [0.4, 0.5) is 5.82 Å². The molecule has 0 saturated carbocycles. The number of rotatable bonds is 6. The number of pyridine rings is 1. The number of nitrogens with zero attached hydrogens (tertiary/aromatic N) is 2. The van der Waals surface area contributed by atoms with Crippen molar-refractivity contribution in [3.8, 4) is 0 Å². The molecule has 0 atom stereocenters. The Bertz CT molecular complexity index is 791. The van der Waals surface area contributed by atoms with Gasteiger partial charge in [-0.05, 0) is 48.6 Å². The smallest absolute Gasteiger partial charge is 0.215 e. The molecule has 0 amide bonds. The van der Waals surface area contributed by atoms with Crippen LogP contribution in [-0.2, 0) is 15.8 Å². The first-order chi connectivity index (χ1) is 12.0. The second kappa shape index (κ2) is 8.17. The summed E-state index contributed by atoms with van der Waals surface area (Å²) in [6.07, 6.45) is 3.71. The Balaban J connectivity index is 1.47. The molecular formula is C18H22ClN3O2S. The molecule has 3 rings (SSSR count). The Morgan fingerprint density at radius 3 is 2.64 bits per heavy atom. The van der Waals surface area contributed by atoms with Gasteiger partial charge in [0, 0.05) is 30.9 Å². The SMILES string of the molecule is O=S(=O)(Cc1cccc(Cl)c1)NCC1CCN(c2ccccn2)CC1. The normalized spacial score (nSPS) is 16.1. The monoisotopic (exact) mass is 379 g/mol. The summed E-state index contributed by atoms with van der Waals surface area (Å²) in [5.41, 5.74) is 0.699. The summed E-state index contributed by atoms with van der Waals surface area (Å²) >= 11 is 5.91. The minimum Gasteiger partial charge on any atom is -0.357 e. The Hall–Kier alpha value is -1.63. The van der Waals surface area contributed by atoms with E-state index in [9.17, 15) is 8.42 Å². The number of halogens is 1. The van der Waals surface area contributed by atoms with Crippen LogP contribution in [0, 0.1) is 5.92 Å². The molecule has 5 nitrogen and oxygen atoms in total. The maximum absolute atomic E-state index is 12.3. The Kier molecular flexibility index (Phi) is 5.93. The van der Waals surface area contributed by atoms with Crippen molar-refractivity contribution in [2.45, 2.75) is 18.6 Å². The topological polar surface area (TPSA) is 62.3 Å². The van der Waals surface area contributed by atoms with Crippen molar-refractivity contribution in [1.82, 2.24) is 9.71 Å². The second-order valence-electron chi connectivity index (χ2n) is 6.36. The number of nitrogens with one attached hydrogen (secondary N) is 1. The molecule has 0 radical (unpaired) electrons. The van der Waals surface area contributed by atoms with Crippen molar-refractivity contribution in [2.24, 2.45) is 5.92 Å². The third-order valence-corrected chi connectivity index (χ3v) is 5.98. The molecule has 1 fully saturated rings. The van der Waals surface area contributed by atoms with Gasteiger partial charge in [-0.25, -0.2) is 18.1 Å². The van der Waals surface area contributed by atoms with Crippen LogP contribution in [0.25, 0.3) is 0 Å². The van der Waals surface area contributed by atoms with E-state index < -0.39 is 10.0 Å². The highest BCUT2D eigenvalue weighted by atomic mass is 35.5. The van der Waals surface area contributed by atoms with Crippen molar-refractivity contribution in [3.63, 3.8) is 0 Å². The highest BCUT2D eigenvalue weighted by Crippen LogP contribution is 2.21. The fourth-order valence-electron chi connectivity index (χ4n) is 3.05. The van der Waals surface area contributed by atoms with Gasteiger partial charge in [-0.1, -0.05) is 29.8 Å². The lowest BCUT2D eigenvalue weighted by molar-refractivity contribution is 0.400. The number of benzene rings is 1. The van der Waals surface area contributed by atoms with E-state index in [2.05, 4.69) is 14.6 Å². The fraction of sp³-hybridized carbons (Fsp3) is 0.389. The molecule has 7 heteroatoms. The number of sulfonamides is 1. The van der Waals surface area contributed by atoms with E-state index in [-0.39, 0.29) is 5.75 Å². The van der Waals surface area contributed by atoms with Gasteiger partial charge in [0.05, 0.1) is 5.75 Å². The quantitative estimate of drug-likeness (QED) is 0.837. The van der Waals surface area contributed by atoms with E-state index in [1.54, 1.807) is 30.5 Å². The van der Waals surface area contributed by atoms with Gasteiger partial charge in [0.25, 0.3) is 0 Å². The van der Waals surface area contributed by atoms with Crippen LogP contribution < -0.4 is 9.62 Å². The summed E-state index contributed by atoms with van der Waals surface area (Å²) in [5.74, 6) is 1.30. The van der Waals surface area contributed by atoms with Crippen LogP contribution >= 0.6 is 11.6 Å². The molecule has 25 heavy (non-hydrogen) atoms. The Morgan fingerprint density at radius 2 is 1.96 bits per heavy atom. The predicted molar refractivity (Wildman–Crippen MR) is 101 cm³/mol. The Morgan fingerprint density at radius 1 is 1.16 bits per heavy atom. The minimum atomic E-state index is -3.35. The Labute approximate surface area is 154 Å². The summed E-state index contributed by atoms with van der Waals surface area (Å²) in [4.78, 5) is 6.62. The number of hydrogen-bond acceptors (Lipinski definition) is 4. The van der Waals surface area contributed by atoms with Crippen molar-refractivity contribution in [3.05, 3.63) is 59.2 Å². The van der Waals surface area contributed by atoms with Gasteiger partial charge >= 0.3 is 0 Å². The van der Waals surface area contributed by atoms with Crippen molar-refractivity contribution in [1.29, 1.82) is 0 Å². The average molecular weight is 380 g/mol. The lowest BCUT2D eigenvalue weighted by atomic mass is 9.97. The van der Waals surface area contributed by atoms with E-state index in [0.717, 1.165) is 31.7 Å². The van der Waals surface area contributed by atoms with E-state index in [1.165, 1.54) is 0 Å². The highest BCUT2D eigenvalue weighted by molar-refractivity contribution is 7.88. The molecule has 0 spiro atoms. The standard InChI is InChI=1S/C18H22ClN3O2S/c19-17-5-3-4-16(12-17)14-25(23,24)21-13-15-7-10-22(11-8-15)18-6-1-2-9-20-18/h1-6,9,12,15,21H,7-8,10-11,13-14H2. The molecule has 134 valence electrons. The van der Waals surface area contributed by atoms with E-state index in [0.29, 0.717) is 23.0 Å². The third-order valence-electron chi connectivity index (χ3n) is 4.43. The maximum Gasteiger partial charge on any atom is 0.215 e. The fourth-order valence-corrected chi connectivity index (χ4v) is 4.47. The summed E-state index contributed by atoms with van der Waals surface area (Å²) < 4.78 is 27.3. The van der Waals surface area contributed by atoms with E-state index in [4.69, 9.17) is 11.6 Å². The van der Waals surface area contributed by atoms with Gasteiger partial charge in [0.15, 0.2) is 0 Å². The highest BCUT2D eigenvalue weighted by Gasteiger charge is 2.22. The van der Waals surface area contributed by atoms with Crippen molar-refractivity contribution in [2.75, 3.05) is 24.5 Å². The van der Waals surface area contributed by atoms with Crippen LogP contribution in [0.3, 0.4) is 0 Å². The zero-order chi connectivity index (χ0) is 17.7. The largest absolute Gasteiger partial charge is 0.357 e. The lowest BCUT2D eigenvalue weighted by Crippen LogP contribution is -2.39. The molecule has 0 aliphatic carbocycles. The van der Waals surface area contributed by atoms with Crippen LogP contribution in [0.1, 0.15) is 18.4 Å². The molecule has 1 aromatic heterocycles. The first kappa shape index (κ1) is 18.2. The zero-order valence-electron chi connectivity index (χ0n) is 13.9. The van der Waals surface area contributed by atoms with Gasteiger partial charge in [-0.15, -0.1) is 0 Å². The lowest BCUT2D eigenvalue weighted by Gasteiger charge is -2.32. The van der Waals surface area contributed by atoms with Crippen molar-refractivity contribution >= 4 is 27.4 Å². The van der Waals surface area contributed by atoms with Crippen LogP contribution in [0.2, 0.25) is 5.02 Å². The molecule has 2 aromatic rings. The van der Waals surface area contributed by atoms with Gasteiger partial charge in [-0.2, -0.15) is 0 Å². The molecule has 0 bridgehead atoms. The number of hydrogen-bond donors (Lipinski definition) is 1. The number of piperidine rings is 1. The number of aromatic nitrogens is 1. The second-order valence-corrected chi connectivity index (χ2v) is 8.60. The van der Waals surface area contributed by atoms with Gasteiger partial charge in [0.1, 0.15) is 5.82 Å². The first-order valence-corrected chi connectivity index (χ1v) is 10.4. The molecule has 1 saturated heterocycles. The average Bonchev–Trinajstić information content (AvgIpc) is 2.61. The molecular weight excluding hydrogens is 358 g/mol. The maximum atomic E-state index is 12.3. The molecule has 0 unspecified atom stereocenters. The zero-order valence-corrected chi connectivity index (χ0v) is 15.5. The molecule has 1 aromatic carbocycles.